The number of epoxide rings is 1. The van der Waals surface area contributed by atoms with Crippen molar-refractivity contribution in [2.75, 3.05) is 19.8 Å². The Kier molecular flexibility index (Phi) is 9.09. The second-order valence-corrected chi connectivity index (χ2v) is 10.0. The van der Waals surface area contributed by atoms with Crippen LogP contribution in [0, 0.1) is 0 Å². The van der Waals surface area contributed by atoms with Crippen LogP contribution in [-0.2, 0) is 33.3 Å². The number of rotatable bonds is 9. The fraction of sp³-hybridized carbons (Fsp3) is 0.692. The SMILES string of the molecule is CCC(=O)O[C@@H](C)/C=C\C(=O)NC1COC(C/C=C(C)/C=C/[C@@H]2C[C@]3(CO3)CC(C)(C)O2)OC1. The van der Waals surface area contributed by atoms with Gasteiger partial charge in [-0.15, -0.1) is 0 Å². The lowest BCUT2D eigenvalue weighted by atomic mass is 9.85. The van der Waals surface area contributed by atoms with Crippen LogP contribution in [0.25, 0.3) is 0 Å². The van der Waals surface area contributed by atoms with Gasteiger partial charge in [0.15, 0.2) is 6.29 Å². The molecule has 3 fully saturated rings. The molecule has 0 aromatic heterocycles. The summed E-state index contributed by atoms with van der Waals surface area (Å²) in [5.74, 6) is -0.576. The van der Waals surface area contributed by atoms with Crippen molar-refractivity contribution in [2.24, 2.45) is 0 Å². The van der Waals surface area contributed by atoms with Crippen molar-refractivity contribution in [1.82, 2.24) is 5.32 Å². The number of esters is 1. The van der Waals surface area contributed by atoms with Gasteiger partial charge in [0.25, 0.3) is 0 Å². The first-order chi connectivity index (χ1) is 16.1. The highest BCUT2D eigenvalue weighted by Crippen LogP contribution is 2.46. The van der Waals surface area contributed by atoms with Gasteiger partial charge in [0.2, 0.25) is 5.91 Å². The molecule has 0 bridgehead atoms. The Labute approximate surface area is 202 Å². The molecule has 3 aliphatic rings. The highest BCUT2D eigenvalue weighted by molar-refractivity contribution is 5.87. The minimum absolute atomic E-state index is 0.0139. The van der Waals surface area contributed by atoms with E-state index in [9.17, 15) is 9.59 Å². The highest BCUT2D eigenvalue weighted by atomic mass is 16.7. The van der Waals surface area contributed by atoms with Gasteiger partial charge in [0.05, 0.1) is 43.2 Å². The molecule has 1 spiro atoms. The third-order valence-corrected chi connectivity index (χ3v) is 5.99. The lowest BCUT2D eigenvalue weighted by molar-refractivity contribution is -0.187. The average molecular weight is 478 g/mol. The zero-order valence-corrected chi connectivity index (χ0v) is 21.0. The summed E-state index contributed by atoms with van der Waals surface area (Å²) in [5, 5.41) is 2.83. The Morgan fingerprint density at radius 2 is 1.91 bits per heavy atom. The van der Waals surface area contributed by atoms with Gasteiger partial charge in [-0.3, -0.25) is 9.59 Å². The van der Waals surface area contributed by atoms with E-state index in [1.54, 1.807) is 19.9 Å². The van der Waals surface area contributed by atoms with E-state index < -0.39 is 6.10 Å². The second-order valence-electron chi connectivity index (χ2n) is 10.0. The quantitative estimate of drug-likeness (QED) is 0.235. The molecule has 8 nitrogen and oxygen atoms in total. The van der Waals surface area contributed by atoms with Crippen molar-refractivity contribution in [3.63, 3.8) is 0 Å². The number of carbonyl (C=O) groups is 2. The fourth-order valence-corrected chi connectivity index (χ4v) is 4.31. The standard InChI is InChI=1S/C26H39NO7/c1-6-23(29)33-19(3)9-11-22(28)27-20-14-30-24(31-15-20)12-8-18(2)7-10-21-13-26(17-32-26)16-25(4,5)34-21/h7-11,19-21,24H,6,12-17H2,1-5H3,(H,27,28)/b10-7+,11-9-,18-8+/t19-,20?,21+,24?,26+/m0/s1. The summed E-state index contributed by atoms with van der Waals surface area (Å²) in [6, 6.07) is -0.226. The van der Waals surface area contributed by atoms with E-state index >= 15 is 0 Å². The fourth-order valence-electron chi connectivity index (χ4n) is 4.31. The van der Waals surface area contributed by atoms with E-state index in [0.29, 0.717) is 26.1 Å². The Hall–Kier alpha value is -2.00. The zero-order valence-electron chi connectivity index (χ0n) is 21.0. The highest BCUT2D eigenvalue weighted by Gasteiger charge is 2.53. The van der Waals surface area contributed by atoms with Crippen molar-refractivity contribution < 1.29 is 33.3 Å². The van der Waals surface area contributed by atoms with Gasteiger partial charge in [0.1, 0.15) is 6.10 Å². The van der Waals surface area contributed by atoms with E-state index in [-0.39, 0.29) is 41.5 Å². The summed E-state index contributed by atoms with van der Waals surface area (Å²) in [7, 11) is 0. The van der Waals surface area contributed by atoms with Gasteiger partial charge in [-0.05, 0) is 33.8 Å². The Morgan fingerprint density at radius 3 is 2.56 bits per heavy atom. The maximum atomic E-state index is 12.1. The first kappa shape index (κ1) is 26.6. The van der Waals surface area contributed by atoms with Gasteiger partial charge < -0.3 is 29.0 Å². The summed E-state index contributed by atoms with van der Waals surface area (Å²) in [6.07, 6.45) is 11.2. The van der Waals surface area contributed by atoms with E-state index in [1.165, 1.54) is 6.08 Å². The molecule has 1 amide bonds. The average Bonchev–Trinajstić information content (AvgIpc) is 3.51. The van der Waals surface area contributed by atoms with Crippen molar-refractivity contribution >= 4 is 11.9 Å². The third kappa shape index (κ3) is 8.65. The van der Waals surface area contributed by atoms with Crippen LogP contribution in [0.3, 0.4) is 0 Å². The molecule has 0 radical (unpaired) electrons. The predicted molar refractivity (Wildman–Crippen MR) is 127 cm³/mol. The number of carbonyl (C=O) groups excluding carboxylic acids is 2. The summed E-state index contributed by atoms with van der Waals surface area (Å²) in [4.78, 5) is 23.3. The van der Waals surface area contributed by atoms with Gasteiger partial charge >= 0.3 is 5.97 Å². The molecule has 1 N–H and O–H groups in total. The normalized spacial score (nSPS) is 32.1. The molecule has 0 aromatic carbocycles. The molecular formula is C26H39NO7. The van der Waals surface area contributed by atoms with Crippen LogP contribution in [0.2, 0.25) is 0 Å². The third-order valence-electron chi connectivity index (χ3n) is 5.99. The molecule has 0 aliphatic carbocycles. The van der Waals surface area contributed by atoms with E-state index in [0.717, 1.165) is 25.0 Å². The first-order valence-corrected chi connectivity index (χ1v) is 12.2. The van der Waals surface area contributed by atoms with E-state index in [4.69, 9.17) is 23.7 Å². The van der Waals surface area contributed by atoms with Crippen molar-refractivity contribution in [1.29, 1.82) is 0 Å². The van der Waals surface area contributed by atoms with Crippen molar-refractivity contribution in [3.05, 3.63) is 36.0 Å². The van der Waals surface area contributed by atoms with Crippen molar-refractivity contribution in [3.8, 4) is 0 Å². The predicted octanol–water partition coefficient (Wildman–Crippen LogP) is 3.36. The number of amides is 1. The van der Waals surface area contributed by atoms with Crippen molar-refractivity contribution in [2.45, 2.75) is 96.0 Å². The largest absolute Gasteiger partial charge is 0.458 e. The van der Waals surface area contributed by atoms with Crippen LogP contribution in [0.1, 0.15) is 60.3 Å². The number of hydrogen-bond acceptors (Lipinski definition) is 7. The number of hydrogen-bond donors (Lipinski definition) is 1. The minimum Gasteiger partial charge on any atom is -0.458 e. The molecule has 8 heteroatoms. The monoisotopic (exact) mass is 477 g/mol. The lowest BCUT2D eigenvalue weighted by Crippen LogP contribution is -2.46. The molecule has 190 valence electrons. The van der Waals surface area contributed by atoms with Crippen LogP contribution < -0.4 is 5.32 Å². The van der Waals surface area contributed by atoms with Gasteiger partial charge in [0, 0.05) is 31.8 Å². The molecule has 3 saturated heterocycles. The molecular weight excluding hydrogens is 438 g/mol. The molecule has 34 heavy (non-hydrogen) atoms. The molecule has 3 rings (SSSR count). The first-order valence-electron chi connectivity index (χ1n) is 12.2. The van der Waals surface area contributed by atoms with Crippen LogP contribution >= 0.6 is 0 Å². The topological polar surface area (TPSA) is 95.6 Å². The smallest absolute Gasteiger partial charge is 0.306 e. The number of ether oxygens (including phenoxy) is 5. The Bertz CT molecular complexity index is 798. The zero-order chi connectivity index (χ0) is 24.8. The Morgan fingerprint density at radius 1 is 1.21 bits per heavy atom. The van der Waals surface area contributed by atoms with E-state index in [1.807, 2.05) is 6.92 Å². The second kappa shape index (κ2) is 11.6. The maximum Gasteiger partial charge on any atom is 0.306 e. The lowest BCUT2D eigenvalue weighted by Gasteiger charge is -2.38. The van der Waals surface area contributed by atoms with Gasteiger partial charge in [-0.1, -0.05) is 30.7 Å². The van der Waals surface area contributed by atoms with Gasteiger partial charge in [-0.25, -0.2) is 0 Å². The van der Waals surface area contributed by atoms with Crippen LogP contribution in [0.15, 0.2) is 36.0 Å². The Balaban J connectivity index is 1.35. The summed E-state index contributed by atoms with van der Waals surface area (Å²) in [5.41, 5.74) is 0.955. The molecule has 0 aromatic rings. The molecule has 3 aliphatic heterocycles. The summed E-state index contributed by atoms with van der Waals surface area (Å²) < 4.78 is 28.5. The molecule has 0 unspecified atom stereocenters. The van der Waals surface area contributed by atoms with Gasteiger partial charge in [-0.2, -0.15) is 0 Å². The number of nitrogens with one attached hydrogen (secondary N) is 1. The van der Waals surface area contributed by atoms with Crippen LogP contribution in [-0.4, -0.2) is 67.4 Å². The minimum atomic E-state index is -0.454. The van der Waals surface area contributed by atoms with E-state index in [2.05, 4.69) is 37.4 Å². The van der Waals surface area contributed by atoms with Crippen LogP contribution in [0.4, 0.5) is 0 Å². The molecule has 3 heterocycles. The summed E-state index contributed by atoms with van der Waals surface area (Å²) in [6.45, 7) is 11.3. The summed E-state index contributed by atoms with van der Waals surface area (Å²) >= 11 is 0. The number of allylic oxidation sites excluding steroid dienone is 2. The van der Waals surface area contributed by atoms with Crippen LogP contribution in [0.5, 0.6) is 0 Å². The molecule has 3 atom stereocenters. The maximum absolute atomic E-state index is 12.1. The molecule has 0 saturated carbocycles.